The zero-order valence-corrected chi connectivity index (χ0v) is 21.2. The molecule has 2 aliphatic heterocycles. The molecule has 0 aromatic carbocycles. The fourth-order valence-corrected chi connectivity index (χ4v) is 5.91. The molecule has 2 fully saturated rings. The highest BCUT2D eigenvalue weighted by atomic mass is 16.7. The third-order valence-corrected chi connectivity index (χ3v) is 6.22. The van der Waals surface area contributed by atoms with Crippen molar-refractivity contribution in [2.45, 2.75) is 115 Å². The number of carbonyl (C=O) groups is 2. The Labute approximate surface area is 191 Å². The van der Waals surface area contributed by atoms with Crippen molar-refractivity contribution < 1.29 is 28.7 Å². The summed E-state index contributed by atoms with van der Waals surface area (Å²) >= 11 is 0. The number of hydroxylamine groups is 4. The molecule has 0 aromatic heterocycles. The maximum Gasteiger partial charge on any atom is 0.452 e. The molecule has 2 rings (SSSR count). The van der Waals surface area contributed by atoms with Crippen LogP contribution in [-0.4, -0.2) is 70.9 Å². The zero-order chi connectivity index (χ0) is 24.5. The molecule has 2 heterocycles. The molecule has 0 bridgehead atoms. The quantitative estimate of drug-likeness (QED) is 0.552. The Morgan fingerprint density at radius 3 is 1.09 bits per heavy atom. The predicted molar refractivity (Wildman–Crippen MR) is 118 cm³/mol. The maximum atomic E-state index is 12.2. The number of azo groups is 1. The lowest BCUT2D eigenvalue weighted by molar-refractivity contribution is -0.276. The molecule has 2 saturated heterocycles. The summed E-state index contributed by atoms with van der Waals surface area (Å²) in [5.74, 6) is 0. The molecule has 32 heavy (non-hydrogen) atoms. The van der Waals surface area contributed by atoms with Gasteiger partial charge in [-0.1, -0.05) is 10.2 Å². The van der Waals surface area contributed by atoms with Gasteiger partial charge in [-0.05, 0) is 55.4 Å². The van der Waals surface area contributed by atoms with E-state index in [2.05, 4.69) is 10.2 Å². The van der Waals surface area contributed by atoms with Crippen LogP contribution in [0.2, 0.25) is 0 Å². The summed E-state index contributed by atoms with van der Waals surface area (Å²) < 4.78 is 11.0. The standard InChI is InChI=1S/C22H40N4O6/c1-19(2)11-15(12-20(3,4)25(19)29-9)31-17(27)23-24-18(28)32-16-13-21(5,6)26(30-10)22(7,8)14-16/h15-16H,11-14H2,1-10H3/b24-23+. The van der Waals surface area contributed by atoms with Gasteiger partial charge in [0, 0.05) is 47.8 Å². The highest BCUT2D eigenvalue weighted by Gasteiger charge is 2.48. The van der Waals surface area contributed by atoms with Crippen LogP contribution in [0.5, 0.6) is 0 Å². The van der Waals surface area contributed by atoms with E-state index in [1.165, 1.54) is 0 Å². The van der Waals surface area contributed by atoms with Crippen molar-refractivity contribution in [1.82, 2.24) is 10.1 Å². The van der Waals surface area contributed by atoms with Crippen LogP contribution in [0, 0.1) is 0 Å². The lowest BCUT2D eigenvalue weighted by Crippen LogP contribution is -2.61. The van der Waals surface area contributed by atoms with E-state index in [0.29, 0.717) is 25.7 Å². The Hall–Kier alpha value is -1.62. The maximum absolute atomic E-state index is 12.2. The minimum atomic E-state index is -0.903. The molecule has 0 saturated carbocycles. The normalized spacial score (nSPS) is 26.2. The first-order valence-corrected chi connectivity index (χ1v) is 11.1. The highest BCUT2D eigenvalue weighted by Crippen LogP contribution is 2.40. The van der Waals surface area contributed by atoms with E-state index < -0.39 is 12.2 Å². The van der Waals surface area contributed by atoms with E-state index in [-0.39, 0.29) is 34.4 Å². The van der Waals surface area contributed by atoms with Crippen LogP contribution in [0.15, 0.2) is 10.2 Å². The number of hydrogen-bond donors (Lipinski definition) is 0. The van der Waals surface area contributed by atoms with Crippen LogP contribution in [0.3, 0.4) is 0 Å². The average molecular weight is 457 g/mol. The fraction of sp³-hybridized carbons (Fsp3) is 0.909. The summed E-state index contributed by atoms with van der Waals surface area (Å²) in [6, 6.07) is 0. The molecule has 10 heteroatoms. The average Bonchev–Trinajstić information content (AvgIpc) is 2.56. The highest BCUT2D eigenvalue weighted by molar-refractivity contribution is 5.73. The van der Waals surface area contributed by atoms with Crippen LogP contribution in [-0.2, 0) is 19.1 Å². The van der Waals surface area contributed by atoms with Crippen molar-refractivity contribution in [1.29, 1.82) is 0 Å². The molecule has 10 nitrogen and oxygen atoms in total. The summed E-state index contributed by atoms with van der Waals surface area (Å²) in [7, 11) is 3.27. The van der Waals surface area contributed by atoms with Crippen LogP contribution in [0.25, 0.3) is 0 Å². The van der Waals surface area contributed by atoms with Gasteiger partial charge in [0.1, 0.15) is 12.2 Å². The van der Waals surface area contributed by atoms with Gasteiger partial charge in [0.2, 0.25) is 0 Å². The van der Waals surface area contributed by atoms with Gasteiger partial charge in [-0.2, -0.15) is 10.1 Å². The van der Waals surface area contributed by atoms with Gasteiger partial charge < -0.3 is 19.1 Å². The van der Waals surface area contributed by atoms with Gasteiger partial charge in [-0.15, -0.1) is 0 Å². The Balaban J connectivity index is 1.94. The number of hydrogen-bond acceptors (Lipinski definition) is 8. The fourth-order valence-electron chi connectivity index (χ4n) is 5.91. The van der Waals surface area contributed by atoms with Crippen molar-refractivity contribution in [3.63, 3.8) is 0 Å². The van der Waals surface area contributed by atoms with Crippen molar-refractivity contribution in [3.05, 3.63) is 0 Å². The van der Waals surface area contributed by atoms with Gasteiger partial charge >= 0.3 is 12.2 Å². The molecule has 0 spiro atoms. The molecule has 0 aromatic rings. The van der Waals surface area contributed by atoms with E-state index >= 15 is 0 Å². The van der Waals surface area contributed by atoms with Crippen molar-refractivity contribution in [2.75, 3.05) is 14.2 Å². The van der Waals surface area contributed by atoms with Crippen LogP contribution < -0.4 is 0 Å². The molecule has 184 valence electrons. The summed E-state index contributed by atoms with van der Waals surface area (Å²) in [6.45, 7) is 16.2. The number of amides is 2. The SMILES string of the molecule is CON1C(C)(C)CC(OC(=O)/N=N/C(=O)OC2CC(C)(C)N(OC)C(C)(C)C2)CC1(C)C. The van der Waals surface area contributed by atoms with Crippen molar-refractivity contribution >= 4 is 12.2 Å². The van der Waals surface area contributed by atoms with Crippen molar-refractivity contribution in [2.24, 2.45) is 10.2 Å². The van der Waals surface area contributed by atoms with Crippen LogP contribution in [0.1, 0.15) is 81.1 Å². The molecular weight excluding hydrogens is 416 g/mol. The number of ether oxygens (including phenoxy) is 2. The van der Waals surface area contributed by atoms with Gasteiger partial charge in [0.05, 0.1) is 14.2 Å². The van der Waals surface area contributed by atoms with E-state index in [0.717, 1.165) is 0 Å². The number of rotatable bonds is 4. The molecule has 0 atom stereocenters. The Morgan fingerprint density at radius 1 is 0.625 bits per heavy atom. The molecule has 2 aliphatic rings. The van der Waals surface area contributed by atoms with Gasteiger partial charge in [-0.3, -0.25) is 0 Å². The first kappa shape index (κ1) is 26.6. The molecule has 0 unspecified atom stereocenters. The minimum absolute atomic E-state index is 0.339. The second-order valence-electron chi connectivity index (χ2n) is 11.2. The van der Waals surface area contributed by atoms with E-state index in [4.69, 9.17) is 19.1 Å². The number of carbonyl (C=O) groups excluding carboxylic acids is 2. The topological polar surface area (TPSA) is 102 Å². The molecule has 0 N–H and O–H groups in total. The Bertz CT molecular complexity index is 638. The zero-order valence-electron chi connectivity index (χ0n) is 21.2. The monoisotopic (exact) mass is 456 g/mol. The first-order valence-electron chi connectivity index (χ1n) is 11.1. The lowest BCUT2D eigenvalue weighted by Gasteiger charge is -2.52. The van der Waals surface area contributed by atoms with Crippen LogP contribution in [0.4, 0.5) is 9.59 Å². The molecule has 0 radical (unpaired) electrons. The molecular formula is C22H40N4O6. The lowest BCUT2D eigenvalue weighted by atomic mass is 9.80. The first-order chi connectivity index (χ1) is 14.5. The predicted octanol–water partition coefficient (Wildman–Crippen LogP) is 4.88. The summed E-state index contributed by atoms with van der Waals surface area (Å²) in [4.78, 5) is 35.5. The summed E-state index contributed by atoms with van der Waals surface area (Å²) in [5.41, 5.74) is -1.36. The third-order valence-electron chi connectivity index (χ3n) is 6.22. The number of piperidine rings is 2. The van der Waals surface area contributed by atoms with E-state index in [1.807, 2.05) is 65.5 Å². The largest absolute Gasteiger partial charge is 0.452 e. The van der Waals surface area contributed by atoms with E-state index in [9.17, 15) is 9.59 Å². The minimum Gasteiger partial charge on any atom is -0.443 e. The third kappa shape index (κ3) is 6.03. The second-order valence-corrected chi connectivity index (χ2v) is 11.2. The Morgan fingerprint density at radius 2 is 0.875 bits per heavy atom. The molecule has 0 aliphatic carbocycles. The smallest absolute Gasteiger partial charge is 0.443 e. The second kappa shape index (κ2) is 9.32. The number of nitrogens with zero attached hydrogens (tertiary/aromatic N) is 4. The van der Waals surface area contributed by atoms with Gasteiger partial charge in [0.25, 0.3) is 0 Å². The summed E-state index contributed by atoms with van der Waals surface area (Å²) in [5, 5.41) is 10.7. The summed E-state index contributed by atoms with van der Waals surface area (Å²) in [6.07, 6.45) is -0.270. The Kier molecular flexibility index (Phi) is 7.76. The van der Waals surface area contributed by atoms with Gasteiger partial charge in [0.15, 0.2) is 0 Å². The van der Waals surface area contributed by atoms with E-state index in [1.54, 1.807) is 14.2 Å². The van der Waals surface area contributed by atoms with Crippen molar-refractivity contribution in [3.8, 4) is 0 Å². The van der Waals surface area contributed by atoms with Gasteiger partial charge in [-0.25, -0.2) is 9.59 Å². The molecule has 2 amide bonds. The van der Waals surface area contributed by atoms with Crippen LogP contribution >= 0.6 is 0 Å².